The van der Waals surface area contributed by atoms with Gasteiger partial charge in [-0.05, 0) is 24.6 Å². The summed E-state index contributed by atoms with van der Waals surface area (Å²) >= 11 is 0. The van der Waals surface area contributed by atoms with Gasteiger partial charge in [-0.15, -0.1) is 0 Å². The normalized spacial score (nSPS) is 15.5. The molecule has 2 aromatic rings. The van der Waals surface area contributed by atoms with Gasteiger partial charge in [0.2, 0.25) is 5.91 Å². The van der Waals surface area contributed by atoms with Crippen molar-refractivity contribution in [2.24, 2.45) is 0 Å². The molecule has 2 aromatic carbocycles. The number of anilines is 2. The van der Waals surface area contributed by atoms with Gasteiger partial charge < -0.3 is 20.3 Å². The number of benzene rings is 2. The second-order valence-electron chi connectivity index (χ2n) is 6.50. The highest BCUT2D eigenvalue weighted by atomic mass is 16.5. The Morgan fingerprint density at radius 1 is 1.08 bits per heavy atom. The largest absolute Gasteiger partial charge is 0.378 e. The number of hydrogen-bond donors (Lipinski definition) is 2. The number of hydrogen-bond acceptors (Lipinski definition) is 4. The Morgan fingerprint density at radius 2 is 1.77 bits per heavy atom. The van der Waals surface area contributed by atoms with Gasteiger partial charge in [-0.25, -0.2) is 0 Å². The summed E-state index contributed by atoms with van der Waals surface area (Å²) in [6.45, 7) is 5.90. The summed E-state index contributed by atoms with van der Waals surface area (Å²) in [5.74, 6) is 0.0264. The molecule has 26 heavy (non-hydrogen) atoms. The molecular weight excluding hydrogens is 326 g/mol. The maximum Gasteiger partial charge on any atom is 0.225 e. The van der Waals surface area contributed by atoms with Gasteiger partial charge in [0, 0.05) is 32.1 Å². The molecule has 1 atom stereocenters. The molecule has 1 heterocycles. The minimum atomic E-state index is 0.0264. The Balaban J connectivity index is 1.50. The number of nitrogens with one attached hydrogen (secondary N) is 2. The van der Waals surface area contributed by atoms with Crippen LogP contribution in [0.3, 0.4) is 0 Å². The van der Waals surface area contributed by atoms with Crippen molar-refractivity contribution in [3.63, 3.8) is 0 Å². The predicted molar refractivity (Wildman–Crippen MR) is 106 cm³/mol. The van der Waals surface area contributed by atoms with Crippen LogP contribution in [0, 0.1) is 0 Å². The number of amides is 1. The lowest BCUT2D eigenvalue weighted by Gasteiger charge is -2.30. The van der Waals surface area contributed by atoms with Crippen LogP contribution < -0.4 is 15.5 Å². The molecular formula is C21H27N3O2. The van der Waals surface area contributed by atoms with E-state index in [-0.39, 0.29) is 11.9 Å². The van der Waals surface area contributed by atoms with Crippen molar-refractivity contribution in [1.29, 1.82) is 0 Å². The van der Waals surface area contributed by atoms with Crippen LogP contribution in [0.1, 0.15) is 24.9 Å². The number of nitrogens with zero attached hydrogens (tertiary/aromatic N) is 1. The molecule has 0 spiro atoms. The minimum absolute atomic E-state index is 0.0264. The van der Waals surface area contributed by atoms with E-state index in [9.17, 15) is 4.79 Å². The lowest BCUT2D eigenvalue weighted by molar-refractivity contribution is -0.116. The van der Waals surface area contributed by atoms with Crippen molar-refractivity contribution in [3.05, 3.63) is 60.2 Å². The fraction of sp³-hybridized carbons (Fsp3) is 0.381. The van der Waals surface area contributed by atoms with E-state index in [2.05, 4.69) is 40.7 Å². The summed E-state index contributed by atoms with van der Waals surface area (Å²) < 4.78 is 5.42. The number of para-hydroxylation sites is 2. The SMILES string of the molecule is CC(NCCC(=O)Nc1ccccc1N1CCOCC1)c1ccccc1. The van der Waals surface area contributed by atoms with E-state index in [1.165, 1.54) is 5.56 Å². The van der Waals surface area contributed by atoms with Gasteiger partial charge in [0.25, 0.3) is 0 Å². The van der Waals surface area contributed by atoms with Gasteiger partial charge in [-0.2, -0.15) is 0 Å². The molecule has 0 saturated carbocycles. The standard InChI is InChI=1S/C21H27N3O2/c1-17(18-7-3-2-4-8-18)22-12-11-21(25)23-19-9-5-6-10-20(19)24-13-15-26-16-14-24/h2-10,17,22H,11-16H2,1H3,(H,23,25). The summed E-state index contributed by atoms with van der Waals surface area (Å²) in [5, 5.41) is 6.47. The van der Waals surface area contributed by atoms with Crippen LogP contribution in [-0.4, -0.2) is 38.8 Å². The minimum Gasteiger partial charge on any atom is -0.378 e. The van der Waals surface area contributed by atoms with Crippen LogP contribution in [0.4, 0.5) is 11.4 Å². The van der Waals surface area contributed by atoms with Gasteiger partial charge in [-0.3, -0.25) is 4.79 Å². The van der Waals surface area contributed by atoms with Gasteiger partial charge in [0.05, 0.1) is 24.6 Å². The first-order valence-corrected chi connectivity index (χ1v) is 9.24. The van der Waals surface area contributed by atoms with Crippen molar-refractivity contribution >= 4 is 17.3 Å². The van der Waals surface area contributed by atoms with E-state index >= 15 is 0 Å². The number of carbonyl (C=O) groups excluding carboxylic acids is 1. The van der Waals surface area contributed by atoms with Gasteiger partial charge in [-0.1, -0.05) is 42.5 Å². The molecule has 1 amide bonds. The average Bonchev–Trinajstić information content (AvgIpc) is 2.69. The zero-order valence-electron chi connectivity index (χ0n) is 15.3. The quantitative estimate of drug-likeness (QED) is 0.803. The van der Waals surface area contributed by atoms with E-state index in [4.69, 9.17) is 4.74 Å². The second kappa shape index (κ2) is 9.36. The lowest BCUT2D eigenvalue weighted by Crippen LogP contribution is -2.36. The Kier molecular flexibility index (Phi) is 6.63. The van der Waals surface area contributed by atoms with E-state index in [0.717, 1.165) is 37.7 Å². The van der Waals surface area contributed by atoms with Crippen LogP contribution in [0.5, 0.6) is 0 Å². The highest BCUT2D eigenvalue weighted by molar-refractivity contribution is 5.94. The Bertz CT molecular complexity index is 699. The summed E-state index contributed by atoms with van der Waals surface area (Å²) in [4.78, 5) is 14.6. The van der Waals surface area contributed by atoms with Crippen molar-refractivity contribution in [3.8, 4) is 0 Å². The number of rotatable bonds is 7. The third kappa shape index (κ3) is 5.07. The molecule has 5 nitrogen and oxygen atoms in total. The van der Waals surface area contributed by atoms with Gasteiger partial charge in [0.15, 0.2) is 0 Å². The maximum atomic E-state index is 12.4. The van der Waals surface area contributed by atoms with Crippen molar-refractivity contribution in [2.45, 2.75) is 19.4 Å². The van der Waals surface area contributed by atoms with Crippen LogP contribution in [0.15, 0.2) is 54.6 Å². The third-order valence-corrected chi connectivity index (χ3v) is 4.63. The molecule has 138 valence electrons. The molecule has 5 heteroatoms. The average molecular weight is 353 g/mol. The van der Waals surface area contributed by atoms with Gasteiger partial charge >= 0.3 is 0 Å². The molecule has 0 radical (unpaired) electrons. The molecule has 0 bridgehead atoms. The lowest BCUT2D eigenvalue weighted by atomic mass is 10.1. The van der Waals surface area contributed by atoms with Crippen LogP contribution in [0.2, 0.25) is 0 Å². The highest BCUT2D eigenvalue weighted by Crippen LogP contribution is 2.26. The Morgan fingerprint density at radius 3 is 2.54 bits per heavy atom. The van der Waals surface area contributed by atoms with Gasteiger partial charge in [0.1, 0.15) is 0 Å². The van der Waals surface area contributed by atoms with E-state index in [1.807, 2.05) is 36.4 Å². The highest BCUT2D eigenvalue weighted by Gasteiger charge is 2.15. The smallest absolute Gasteiger partial charge is 0.225 e. The predicted octanol–water partition coefficient (Wildman–Crippen LogP) is 3.20. The summed E-state index contributed by atoms with van der Waals surface area (Å²) in [7, 11) is 0. The first kappa shape index (κ1) is 18.4. The molecule has 0 aliphatic carbocycles. The first-order valence-electron chi connectivity index (χ1n) is 9.24. The third-order valence-electron chi connectivity index (χ3n) is 4.63. The number of carbonyl (C=O) groups is 1. The zero-order valence-corrected chi connectivity index (χ0v) is 15.3. The zero-order chi connectivity index (χ0) is 18.2. The molecule has 0 aromatic heterocycles. The molecule has 1 fully saturated rings. The molecule has 3 rings (SSSR count). The molecule has 2 N–H and O–H groups in total. The summed E-state index contributed by atoms with van der Waals surface area (Å²) in [6, 6.07) is 18.5. The first-order chi connectivity index (χ1) is 12.7. The van der Waals surface area contributed by atoms with Crippen molar-refractivity contribution < 1.29 is 9.53 Å². The summed E-state index contributed by atoms with van der Waals surface area (Å²) in [5.41, 5.74) is 3.16. The molecule has 1 saturated heterocycles. The monoisotopic (exact) mass is 353 g/mol. The topological polar surface area (TPSA) is 53.6 Å². The molecule has 1 aliphatic heterocycles. The summed E-state index contributed by atoms with van der Waals surface area (Å²) in [6.07, 6.45) is 0.439. The molecule has 1 aliphatic rings. The van der Waals surface area contributed by atoms with Crippen molar-refractivity contribution in [2.75, 3.05) is 43.1 Å². The van der Waals surface area contributed by atoms with Crippen LogP contribution in [0.25, 0.3) is 0 Å². The Hall–Kier alpha value is -2.37. The van der Waals surface area contributed by atoms with E-state index in [0.29, 0.717) is 13.0 Å². The molecule has 1 unspecified atom stereocenters. The van der Waals surface area contributed by atoms with E-state index < -0.39 is 0 Å². The van der Waals surface area contributed by atoms with E-state index in [1.54, 1.807) is 0 Å². The maximum absolute atomic E-state index is 12.4. The number of morpholine rings is 1. The van der Waals surface area contributed by atoms with Crippen molar-refractivity contribution in [1.82, 2.24) is 5.32 Å². The van der Waals surface area contributed by atoms with Crippen LogP contribution in [-0.2, 0) is 9.53 Å². The fourth-order valence-corrected chi connectivity index (χ4v) is 3.13. The number of ether oxygens (including phenoxy) is 1. The Labute approximate surface area is 155 Å². The second-order valence-corrected chi connectivity index (χ2v) is 6.50. The fourth-order valence-electron chi connectivity index (χ4n) is 3.13. The van der Waals surface area contributed by atoms with Crippen LogP contribution >= 0.6 is 0 Å².